The maximum absolute atomic E-state index is 5.94. The minimum atomic E-state index is 0.459. The van der Waals surface area contributed by atoms with Gasteiger partial charge >= 0.3 is 0 Å². The molecule has 1 saturated carbocycles. The Morgan fingerprint density at radius 3 is 2.47 bits per heavy atom. The summed E-state index contributed by atoms with van der Waals surface area (Å²) in [6, 6.07) is 0.459. The Balaban J connectivity index is 1.78. The van der Waals surface area contributed by atoms with E-state index >= 15 is 0 Å². The summed E-state index contributed by atoms with van der Waals surface area (Å²) in [5.41, 5.74) is 9.55. The van der Waals surface area contributed by atoms with E-state index in [9.17, 15) is 0 Å². The van der Waals surface area contributed by atoms with Crippen molar-refractivity contribution in [2.24, 2.45) is 17.6 Å². The fourth-order valence-corrected chi connectivity index (χ4v) is 2.97. The summed E-state index contributed by atoms with van der Waals surface area (Å²) in [6.45, 7) is 6.76. The summed E-state index contributed by atoms with van der Waals surface area (Å²) >= 11 is 0. The standard InChI is InChI=1S/C13H27N3O/c1-11-2-4-12(5-3-11)13(10-14)15-16-6-8-17-9-7-16/h11-13,15H,2-10,14H2,1H3. The molecule has 1 heterocycles. The van der Waals surface area contributed by atoms with E-state index in [0.29, 0.717) is 6.04 Å². The second-order valence-corrected chi connectivity index (χ2v) is 5.59. The second-order valence-electron chi connectivity index (χ2n) is 5.59. The number of morpholine rings is 1. The summed E-state index contributed by atoms with van der Waals surface area (Å²) in [5, 5.41) is 2.29. The van der Waals surface area contributed by atoms with Gasteiger partial charge in [-0.25, -0.2) is 5.01 Å². The SMILES string of the molecule is CC1CCC(C(CN)NN2CCOCC2)CC1. The first kappa shape index (κ1) is 13.3. The van der Waals surface area contributed by atoms with Crippen LogP contribution in [0.4, 0.5) is 0 Å². The van der Waals surface area contributed by atoms with Crippen molar-refractivity contribution in [3.05, 3.63) is 0 Å². The van der Waals surface area contributed by atoms with Gasteiger partial charge in [-0.2, -0.15) is 0 Å². The molecule has 1 aliphatic heterocycles. The van der Waals surface area contributed by atoms with Crippen molar-refractivity contribution in [1.29, 1.82) is 0 Å². The maximum atomic E-state index is 5.94. The topological polar surface area (TPSA) is 50.5 Å². The van der Waals surface area contributed by atoms with Gasteiger partial charge in [0.15, 0.2) is 0 Å². The van der Waals surface area contributed by atoms with E-state index in [1.54, 1.807) is 0 Å². The predicted molar refractivity (Wildman–Crippen MR) is 69.5 cm³/mol. The third kappa shape index (κ3) is 3.91. The van der Waals surface area contributed by atoms with Crippen molar-refractivity contribution < 1.29 is 4.74 Å². The summed E-state index contributed by atoms with van der Waals surface area (Å²) in [6.07, 6.45) is 5.40. The van der Waals surface area contributed by atoms with Crippen LogP contribution in [0.25, 0.3) is 0 Å². The normalized spacial score (nSPS) is 33.5. The molecule has 1 unspecified atom stereocenters. The highest BCUT2D eigenvalue weighted by Crippen LogP contribution is 2.30. The van der Waals surface area contributed by atoms with Crippen molar-refractivity contribution in [2.45, 2.75) is 38.6 Å². The third-order valence-corrected chi connectivity index (χ3v) is 4.24. The first-order valence-corrected chi connectivity index (χ1v) is 7.08. The molecule has 2 rings (SSSR count). The number of rotatable bonds is 4. The molecule has 0 aromatic rings. The van der Waals surface area contributed by atoms with Crippen LogP contribution >= 0.6 is 0 Å². The van der Waals surface area contributed by atoms with Crippen LogP contribution in [0, 0.1) is 11.8 Å². The second kappa shape index (κ2) is 6.69. The predicted octanol–water partition coefficient (Wildman–Crippen LogP) is 0.977. The molecule has 100 valence electrons. The van der Waals surface area contributed by atoms with E-state index in [-0.39, 0.29) is 0 Å². The lowest BCUT2D eigenvalue weighted by Gasteiger charge is -2.37. The molecule has 4 heteroatoms. The monoisotopic (exact) mass is 241 g/mol. The molecule has 0 spiro atoms. The molecule has 1 saturated heterocycles. The number of nitrogens with zero attached hydrogens (tertiary/aromatic N) is 1. The highest BCUT2D eigenvalue weighted by atomic mass is 16.5. The number of nitrogens with one attached hydrogen (secondary N) is 1. The molecular weight excluding hydrogens is 214 g/mol. The lowest BCUT2D eigenvalue weighted by Crippen LogP contribution is -2.55. The number of hydrogen-bond acceptors (Lipinski definition) is 4. The van der Waals surface area contributed by atoms with E-state index in [0.717, 1.165) is 44.7 Å². The molecule has 0 bridgehead atoms. The molecule has 4 nitrogen and oxygen atoms in total. The van der Waals surface area contributed by atoms with E-state index in [4.69, 9.17) is 10.5 Å². The third-order valence-electron chi connectivity index (χ3n) is 4.24. The highest BCUT2D eigenvalue weighted by Gasteiger charge is 2.26. The molecular formula is C13H27N3O. The Morgan fingerprint density at radius 1 is 1.24 bits per heavy atom. The van der Waals surface area contributed by atoms with Gasteiger partial charge in [-0.1, -0.05) is 19.8 Å². The van der Waals surface area contributed by atoms with Gasteiger partial charge in [0.2, 0.25) is 0 Å². The minimum absolute atomic E-state index is 0.459. The van der Waals surface area contributed by atoms with Crippen molar-refractivity contribution in [3.8, 4) is 0 Å². The highest BCUT2D eigenvalue weighted by molar-refractivity contribution is 4.81. The fourth-order valence-electron chi connectivity index (χ4n) is 2.97. The molecule has 1 aliphatic carbocycles. The lowest BCUT2D eigenvalue weighted by molar-refractivity contribution is -0.00380. The van der Waals surface area contributed by atoms with Crippen molar-refractivity contribution >= 4 is 0 Å². The Hall–Kier alpha value is -0.160. The smallest absolute Gasteiger partial charge is 0.0608 e. The maximum Gasteiger partial charge on any atom is 0.0608 e. The van der Waals surface area contributed by atoms with Gasteiger partial charge in [0.25, 0.3) is 0 Å². The minimum Gasteiger partial charge on any atom is -0.379 e. The first-order chi connectivity index (χ1) is 8.29. The molecule has 17 heavy (non-hydrogen) atoms. The van der Waals surface area contributed by atoms with Crippen LogP contribution in [0.5, 0.6) is 0 Å². The first-order valence-electron chi connectivity index (χ1n) is 7.08. The summed E-state index contributed by atoms with van der Waals surface area (Å²) in [4.78, 5) is 0. The number of ether oxygens (including phenoxy) is 1. The van der Waals surface area contributed by atoms with Gasteiger partial charge in [-0.05, 0) is 24.7 Å². The number of hydrogen-bond donors (Lipinski definition) is 2. The van der Waals surface area contributed by atoms with Gasteiger partial charge in [0, 0.05) is 25.7 Å². The molecule has 0 radical (unpaired) electrons. The molecule has 2 fully saturated rings. The van der Waals surface area contributed by atoms with Gasteiger partial charge in [-0.3, -0.25) is 5.43 Å². The van der Waals surface area contributed by atoms with Gasteiger partial charge < -0.3 is 10.5 Å². The zero-order valence-corrected chi connectivity index (χ0v) is 11.0. The van der Waals surface area contributed by atoms with Crippen LogP contribution in [0.1, 0.15) is 32.6 Å². The molecule has 0 aromatic carbocycles. The Morgan fingerprint density at radius 2 is 1.88 bits per heavy atom. The van der Waals surface area contributed by atoms with E-state index in [2.05, 4.69) is 17.4 Å². The largest absolute Gasteiger partial charge is 0.379 e. The molecule has 1 atom stereocenters. The van der Waals surface area contributed by atoms with Gasteiger partial charge in [-0.15, -0.1) is 0 Å². The van der Waals surface area contributed by atoms with Crippen LogP contribution in [-0.2, 0) is 4.74 Å². The van der Waals surface area contributed by atoms with Gasteiger partial charge in [0.1, 0.15) is 0 Å². The summed E-state index contributed by atoms with van der Waals surface area (Å²) < 4.78 is 5.36. The number of nitrogens with two attached hydrogens (primary N) is 1. The Labute approximate surface area is 105 Å². The van der Waals surface area contributed by atoms with Crippen molar-refractivity contribution in [1.82, 2.24) is 10.4 Å². The Bertz CT molecular complexity index is 211. The molecule has 2 aliphatic rings. The van der Waals surface area contributed by atoms with Crippen LogP contribution in [0.3, 0.4) is 0 Å². The van der Waals surface area contributed by atoms with Crippen LogP contribution < -0.4 is 11.2 Å². The van der Waals surface area contributed by atoms with Crippen LogP contribution in [0.15, 0.2) is 0 Å². The molecule has 0 aromatic heterocycles. The molecule has 3 N–H and O–H groups in total. The summed E-state index contributed by atoms with van der Waals surface area (Å²) in [7, 11) is 0. The van der Waals surface area contributed by atoms with Crippen LogP contribution in [-0.4, -0.2) is 43.9 Å². The fraction of sp³-hybridized carbons (Fsp3) is 1.00. The lowest BCUT2D eigenvalue weighted by atomic mass is 9.79. The van der Waals surface area contributed by atoms with E-state index in [1.165, 1.54) is 25.7 Å². The van der Waals surface area contributed by atoms with Crippen molar-refractivity contribution in [3.63, 3.8) is 0 Å². The van der Waals surface area contributed by atoms with Gasteiger partial charge in [0.05, 0.1) is 13.2 Å². The Kier molecular flexibility index (Phi) is 5.22. The van der Waals surface area contributed by atoms with E-state index < -0.39 is 0 Å². The zero-order chi connectivity index (χ0) is 12.1. The van der Waals surface area contributed by atoms with Crippen molar-refractivity contribution in [2.75, 3.05) is 32.8 Å². The average molecular weight is 241 g/mol. The summed E-state index contributed by atoms with van der Waals surface area (Å²) in [5.74, 6) is 1.67. The zero-order valence-electron chi connectivity index (χ0n) is 11.0. The molecule has 0 amide bonds. The van der Waals surface area contributed by atoms with E-state index in [1.807, 2.05) is 0 Å². The average Bonchev–Trinajstić information content (AvgIpc) is 2.38. The quantitative estimate of drug-likeness (QED) is 0.770. The van der Waals surface area contributed by atoms with Crippen LogP contribution in [0.2, 0.25) is 0 Å². The number of hydrazine groups is 1.